The molecule has 0 bridgehead atoms. The average molecular weight is 990 g/mol. The van der Waals surface area contributed by atoms with Crippen LogP contribution in [0.2, 0.25) is 0 Å². The standard InChI is InChI=1S/C65H112O6/c1-4-7-10-13-16-19-22-25-28-30-31-32-33-35-38-40-43-46-49-52-55-58-64(67)70-61-62(71-65(68)59-56-53-50-47-44-41-36-27-24-21-18-15-12-9-6-3)60-69-63(66)57-54-51-48-45-42-39-37-34-29-26-23-20-17-14-11-8-5-2/h8,11,17-18,20-21,25-29,36-37,39,62H,4-7,9-10,12-16,19,22-24,30-35,38,40-61H2,1-3H3/b11-8-,20-17-,21-18-,28-25-,29-26-,36-27-,39-37-/t62-/m1/s1. The first-order chi connectivity index (χ1) is 35.0. The highest BCUT2D eigenvalue weighted by Gasteiger charge is 2.19. The van der Waals surface area contributed by atoms with Crippen LogP contribution in [0.5, 0.6) is 0 Å². The van der Waals surface area contributed by atoms with Gasteiger partial charge in [0.25, 0.3) is 0 Å². The third-order valence-corrected chi connectivity index (χ3v) is 12.9. The Kier molecular flexibility index (Phi) is 56.3. The molecule has 0 fully saturated rings. The average Bonchev–Trinajstić information content (AvgIpc) is 3.37. The molecule has 0 aromatic rings. The summed E-state index contributed by atoms with van der Waals surface area (Å²) in [5.74, 6) is -0.922. The molecule has 0 saturated heterocycles. The highest BCUT2D eigenvalue weighted by atomic mass is 16.6. The largest absolute Gasteiger partial charge is 0.462 e. The maximum atomic E-state index is 12.9. The summed E-state index contributed by atoms with van der Waals surface area (Å²) in [6, 6.07) is 0. The molecule has 6 heteroatoms. The number of ether oxygens (including phenoxy) is 3. The van der Waals surface area contributed by atoms with E-state index in [4.69, 9.17) is 14.2 Å². The Morgan fingerprint density at radius 2 is 0.549 bits per heavy atom. The van der Waals surface area contributed by atoms with Crippen molar-refractivity contribution >= 4 is 17.9 Å². The maximum absolute atomic E-state index is 12.9. The van der Waals surface area contributed by atoms with Gasteiger partial charge in [-0.3, -0.25) is 14.4 Å². The van der Waals surface area contributed by atoms with Gasteiger partial charge in [0, 0.05) is 19.3 Å². The second-order valence-electron chi connectivity index (χ2n) is 19.9. The van der Waals surface area contributed by atoms with E-state index in [1.165, 1.54) is 128 Å². The SMILES string of the molecule is CC/C=C\C/C=C\C/C=C\C/C=C\CCCCCCC(=O)OC[C@H](COC(=O)CCCCCCCCCCCCC/C=C\CCCCCCCC)OC(=O)CCCCCCC/C=C\C/C=C\CCCCC. The molecule has 1 atom stereocenters. The van der Waals surface area contributed by atoms with Gasteiger partial charge in [-0.15, -0.1) is 0 Å². The lowest BCUT2D eigenvalue weighted by molar-refractivity contribution is -0.167. The minimum atomic E-state index is -0.795. The lowest BCUT2D eigenvalue weighted by Crippen LogP contribution is -2.30. The van der Waals surface area contributed by atoms with Crippen LogP contribution in [0.4, 0.5) is 0 Å². The number of hydrogen-bond acceptors (Lipinski definition) is 6. The van der Waals surface area contributed by atoms with Crippen LogP contribution in [0.15, 0.2) is 85.1 Å². The molecule has 0 N–H and O–H groups in total. The van der Waals surface area contributed by atoms with Gasteiger partial charge in [-0.05, 0) is 116 Å². The van der Waals surface area contributed by atoms with Crippen molar-refractivity contribution in [3.63, 3.8) is 0 Å². The number of esters is 3. The minimum Gasteiger partial charge on any atom is -0.462 e. The lowest BCUT2D eigenvalue weighted by Gasteiger charge is -2.18. The van der Waals surface area contributed by atoms with Crippen molar-refractivity contribution in [3.8, 4) is 0 Å². The van der Waals surface area contributed by atoms with E-state index < -0.39 is 6.10 Å². The molecule has 0 aromatic heterocycles. The van der Waals surface area contributed by atoms with E-state index in [0.29, 0.717) is 19.3 Å². The summed E-state index contributed by atoms with van der Waals surface area (Å²) in [4.78, 5) is 38.2. The van der Waals surface area contributed by atoms with Gasteiger partial charge < -0.3 is 14.2 Å². The van der Waals surface area contributed by atoms with Gasteiger partial charge >= 0.3 is 17.9 Å². The third kappa shape index (κ3) is 57.4. The smallest absolute Gasteiger partial charge is 0.306 e. The molecular formula is C65H112O6. The normalized spacial score (nSPS) is 12.7. The highest BCUT2D eigenvalue weighted by molar-refractivity contribution is 5.71. The van der Waals surface area contributed by atoms with Crippen LogP contribution in [-0.4, -0.2) is 37.2 Å². The fourth-order valence-electron chi connectivity index (χ4n) is 8.34. The Hall–Kier alpha value is -3.41. The maximum Gasteiger partial charge on any atom is 0.306 e. The van der Waals surface area contributed by atoms with Crippen molar-refractivity contribution in [2.75, 3.05) is 13.2 Å². The predicted molar refractivity (Wildman–Crippen MR) is 307 cm³/mol. The van der Waals surface area contributed by atoms with Crippen molar-refractivity contribution in [3.05, 3.63) is 85.1 Å². The van der Waals surface area contributed by atoms with Gasteiger partial charge in [0.2, 0.25) is 0 Å². The van der Waals surface area contributed by atoms with Crippen LogP contribution >= 0.6 is 0 Å². The van der Waals surface area contributed by atoms with Crippen molar-refractivity contribution in [1.82, 2.24) is 0 Å². The van der Waals surface area contributed by atoms with E-state index in [9.17, 15) is 14.4 Å². The highest BCUT2D eigenvalue weighted by Crippen LogP contribution is 2.15. The summed E-state index contributed by atoms with van der Waals surface area (Å²) in [7, 11) is 0. The molecular weight excluding hydrogens is 877 g/mol. The van der Waals surface area contributed by atoms with E-state index in [-0.39, 0.29) is 31.1 Å². The first-order valence-corrected chi connectivity index (χ1v) is 30.1. The summed E-state index contributed by atoms with van der Waals surface area (Å²) >= 11 is 0. The van der Waals surface area contributed by atoms with Gasteiger partial charge in [0.1, 0.15) is 13.2 Å². The Balaban J connectivity index is 4.40. The topological polar surface area (TPSA) is 78.9 Å². The van der Waals surface area contributed by atoms with Gasteiger partial charge in [-0.1, -0.05) is 241 Å². The Morgan fingerprint density at radius 1 is 0.296 bits per heavy atom. The van der Waals surface area contributed by atoms with E-state index in [1.807, 2.05) is 0 Å². The molecule has 0 aliphatic heterocycles. The van der Waals surface area contributed by atoms with Crippen molar-refractivity contribution in [2.45, 2.75) is 297 Å². The number of carbonyl (C=O) groups is 3. The van der Waals surface area contributed by atoms with Crippen LogP contribution in [0.3, 0.4) is 0 Å². The van der Waals surface area contributed by atoms with E-state index >= 15 is 0 Å². The first kappa shape index (κ1) is 67.6. The molecule has 0 radical (unpaired) electrons. The van der Waals surface area contributed by atoms with Gasteiger partial charge in [-0.25, -0.2) is 0 Å². The monoisotopic (exact) mass is 989 g/mol. The zero-order chi connectivity index (χ0) is 51.4. The van der Waals surface area contributed by atoms with Crippen LogP contribution in [0.25, 0.3) is 0 Å². The Labute approximate surface area is 439 Å². The zero-order valence-corrected chi connectivity index (χ0v) is 46.7. The number of allylic oxidation sites excluding steroid dienone is 14. The van der Waals surface area contributed by atoms with Crippen LogP contribution in [0.1, 0.15) is 290 Å². The lowest BCUT2D eigenvalue weighted by atomic mass is 10.0. The Morgan fingerprint density at radius 3 is 0.901 bits per heavy atom. The molecule has 0 heterocycles. The summed E-state index contributed by atoms with van der Waals surface area (Å²) in [6.45, 7) is 6.48. The second-order valence-corrected chi connectivity index (χ2v) is 19.9. The van der Waals surface area contributed by atoms with Gasteiger partial charge in [0.05, 0.1) is 0 Å². The first-order valence-electron chi connectivity index (χ1n) is 30.1. The Bertz CT molecular complexity index is 1370. The molecule has 0 aromatic carbocycles. The zero-order valence-electron chi connectivity index (χ0n) is 46.7. The van der Waals surface area contributed by atoms with Crippen molar-refractivity contribution in [2.24, 2.45) is 0 Å². The van der Waals surface area contributed by atoms with Gasteiger partial charge in [0.15, 0.2) is 6.10 Å². The molecule has 0 aliphatic rings. The quantitative estimate of drug-likeness (QED) is 0.0261. The van der Waals surface area contributed by atoms with Crippen LogP contribution in [0, 0.1) is 0 Å². The summed E-state index contributed by atoms with van der Waals surface area (Å²) in [5.41, 5.74) is 0. The molecule has 0 saturated carbocycles. The van der Waals surface area contributed by atoms with E-state index in [1.54, 1.807) is 0 Å². The summed E-state index contributed by atoms with van der Waals surface area (Å²) in [5, 5.41) is 0. The number of unbranched alkanes of at least 4 members (excludes halogenated alkanes) is 29. The molecule has 0 rings (SSSR count). The van der Waals surface area contributed by atoms with E-state index in [0.717, 1.165) is 122 Å². The summed E-state index contributed by atoms with van der Waals surface area (Å²) < 4.78 is 16.9. The molecule has 0 aliphatic carbocycles. The van der Waals surface area contributed by atoms with Crippen LogP contribution in [-0.2, 0) is 28.6 Å². The van der Waals surface area contributed by atoms with Crippen LogP contribution < -0.4 is 0 Å². The molecule has 0 amide bonds. The molecule has 71 heavy (non-hydrogen) atoms. The molecule has 408 valence electrons. The fraction of sp³-hybridized carbons (Fsp3) is 0.738. The van der Waals surface area contributed by atoms with Crippen molar-refractivity contribution < 1.29 is 28.6 Å². The second kappa shape index (κ2) is 59.2. The third-order valence-electron chi connectivity index (χ3n) is 12.9. The number of carbonyl (C=O) groups excluding carboxylic acids is 3. The number of rotatable bonds is 54. The molecule has 0 unspecified atom stereocenters. The van der Waals surface area contributed by atoms with Crippen molar-refractivity contribution in [1.29, 1.82) is 0 Å². The molecule has 6 nitrogen and oxygen atoms in total. The predicted octanol–water partition coefficient (Wildman–Crippen LogP) is 20.3. The molecule has 0 spiro atoms. The summed E-state index contributed by atoms with van der Waals surface area (Å²) in [6.07, 6.45) is 77.2. The van der Waals surface area contributed by atoms with Gasteiger partial charge in [-0.2, -0.15) is 0 Å². The van der Waals surface area contributed by atoms with E-state index in [2.05, 4.69) is 106 Å². The number of hydrogen-bond donors (Lipinski definition) is 0. The minimum absolute atomic E-state index is 0.0900. The fourth-order valence-corrected chi connectivity index (χ4v) is 8.34.